The molecule has 1 aliphatic carbocycles. The van der Waals surface area contributed by atoms with E-state index in [0.717, 1.165) is 33.2 Å². The molecule has 1 fully saturated rings. The molecule has 30 heavy (non-hydrogen) atoms. The number of hydrogen-bond acceptors (Lipinski definition) is 5. The molecule has 0 unspecified atom stereocenters. The molecule has 0 radical (unpaired) electrons. The van der Waals surface area contributed by atoms with Gasteiger partial charge in [-0.2, -0.15) is 0 Å². The predicted molar refractivity (Wildman–Crippen MR) is 123 cm³/mol. The summed E-state index contributed by atoms with van der Waals surface area (Å²) in [7, 11) is 1.68. The van der Waals surface area contributed by atoms with Crippen molar-refractivity contribution < 1.29 is 4.74 Å². The molecular weight excluding hydrogens is 416 g/mol. The molecular formula is C23H27ClN4OS. The van der Waals surface area contributed by atoms with E-state index in [2.05, 4.69) is 32.2 Å². The van der Waals surface area contributed by atoms with Crippen molar-refractivity contribution in [2.24, 2.45) is 0 Å². The Labute approximate surface area is 187 Å². The third-order valence-corrected chi connectivity index (χ3v) is 6.74. The van der Waals surface area contributed by atoms with Gasteiger partial charge < -0.3 is 14.6 Å². The smallest absolute Gasteiger partial charge is 0.191 e. The van der Waals surface area contributed by atoms with E-state index in [9.17, 15) is 0 Å². The average molecular weight is 443 g/mol. The molecule has 7 heteroatoms. The first-order chi connectivity index (χ1) is 14.7. The van der Waals surface area contributed by atoms with Crippen LogP contribution in [0.2, 0.25) is 5.02 Å². The van der Waals surface area contributed by atoms with E-state index in [-0.39, 0.29) is 0 Å². The van der Waals surface area contributed by atoms with Gasteiger partial charge in [-0.15, -0.1) is 10.2 Å². The van der Waals surface area contributed by atoms with Crippen LogP contribution < -0.4 is 10.1 Å². The predicted octanol–water partition coefficient (Wildman–Crippen LogP) is 6.35. The van der Waals surface area contributed by atoms with Crippen molar-refractivity contribution in [2.45, 2.75) is 55.6 Å². The molecule has 0 spiro atoms. The molecule has 0 saturated heterocycles. The van der Waals surface area contributed by atoms with Crippen molar-refractivity contribution in [1.29, 1.82) is 0 Å². The standard InChI is InChI=1S/C23H27ClN4OS/c1-29-21-9-5-6-19(14-21)25-15-22-26-27-23(28(22)20-7-3-2-4-8-20)30-16-17-10-12-18(24)13-11-17/h5-6,9-14,20,25H,2-4,7-8,15-16H2,1H3. The summed E-state index contributed by atoms with van der Waals surface area (Å²) in [6.45, 7) is 0.637. The van der Waals surface area contributed by atoms with Crippen LogP contribution in [-0.2, 0) is 12.3 Å². The maximum Gasteiger partial charge on any atom is 0.191 e. The van der Waals surface area contributed by atoms with Gasteiger partial charge in [0.15, 0.2) is 11.0 Å². The van der Waals surface area contributed by atoms with Gasteiger partial charge in [-0.1, -0.05) is 60.8 Å². The monoisotopic (exact) mass is 442 g/mol. The van der Waals surface area contributed by atoms with Crippen LogP contribution in [-0.4, -0.2) is 21.9 Å². The zero-order valence-corrected chi connectivity index (χ0v) is 18.8. The summed E-state index contributed by atoms with van der Waals surface area (Å²) in [5.74, 6) is 2.68. The normalized spacial score (nSPS) is 14.6. The number of anilines is 1. The van der Waals surface area contributed by atoms with Crippen LogP contribution in [0.3, 0.4) is 0 Å². The van der Waals surface area contributed by atoms with Crippen molar-refractivity contribution >= 4 is 29.1 Å². The van der Waals surface area contributed by atoms with E-state index in [1.807, 2.05) is 36.4 Å². The molecule has 2 aromatic carbocycles. The molecule has 0 bridgehead atoms. The Morgan fingerprint density at radius 2 is 1.90 bits per heavy atom. The first-order valence-electron chi connectivity index (χ1n) is 10.4. The Hall–Kier alpha value is -2.18. The topological polar surface area (TPSA) is 52.0 Å². The van der Waals surface area contributed by atoms with Crippen LogP contribution in [0, 0.1) is 0 Å². The number of hydrogen-bond donors (Lipinski definition) is 1. The van der Waals surface area contributed by atoms with E-state index in [1.54, 1.807) is 18.9 Å². The Balaban J connectivity index is 1.51. The highest BCUT2D eigenvalue weighted by molar-refractivity contribution is 7.98. The van der Waals surface area contributed by atoms with Gasteiger partial charge in [-0.3, -0.25) is 0 Å². The first-order valence-corrected chi connectivity index (χ1v) is 11.8. The third-order valence-electron chi connectivity index (χ3n) is 5.48. The highest BCUT2D eigenvalue weighted by Crippen LogP contribution is 2.34. The largest absolute Gasteiger partial charge is 0.497 e. The zero-order chi connectivity index (χ0) is 20.8. The van der Waals surface area contributed by atoms with Crippen LogP contribution in [0.25, 0.3) is 0 Å². The number of nitrogens with one attached hydrogen (secondary N) is 1. The quantitative estimate of drug-likeness (QED) is 0.412. The number of nitrogens with zero attached hydrogens (tertiary/aromatic N) is 3. The highest BCUT2D eigenvalue weighted by atomic mass is 35.5. The average Bonchev–Trinajstić information content (AvgIpc) is 3.21. The minimum absolute atomic E-state index is 0.476. The summed E-state index contributed by atoms with van der Waals surface area (Å²) in [5.41, 5.74) is 2.25. The Morgan fingerprint density at radius 3 is 2.67 bits per heavy atom. The molecule has 0 amide bonds. The van der Waals surface area contributed by atoms with Crippen molar-refractivity contribution in [1.82, 2.24) is 14.8 Å². The molecule has 0 atom stereocenters. The number of methoxy groups -OCH3 is 1. The maximum absolute atomic E-state index is 6.02. The van der Waals surface area contributed by atoms with Crippen molar-refractivity contribution in [2.75, 3.05) is 12.4 Å². The second-order valence-corrected chi connectivity index (χ2v) is 8.94. The van der Waals surface area contributed by atoms with Crippen molar-refractivity contribution in [3.63, 3.8) is 0 Å². The lowest BCUT2D eigenvalue weighted by atomic mass is 9.95. The molecule has 4 rings (SSSR count). The van der Waals surface area contributed by atoms with Gasteiger partial charge in [0.1, 0.15) is 5.75 Å². The summed E-state index contributed by atoms with van der Waals surface area (Å²) in [5, 5.41) is 14.4. The molecule has 1 aromatic heterocycles. The van der Waals surface area contributed by atoms with Gasteiger partial charge in [-0.05, 0) is 42.7 Å². The van der Waals surface area contributed by atoms with Gasteiger partial charge in [0, 0.05) is 28.6 Å². The lowest BCUT2D eigenvalue weighted by Crippen LogP contribution is -2.18. The number of aromatic nitrogens is 3. The summed E-state index contributed by atoms with van der Waals surface area (Å²) >= 11 is 7.76. The number of rotatable bonds is 8. The van der Waals surface area contributed by atoms with Crippen molar-refractivity contribution in [3.8, 4) is 5.75 Å². The SMILES string of the molecule is COc1cccc(NCc2nnc(SCc3ccc(Cl)cc3)n2C2CCCCC2)c1. The van der Waals surface area contributed by atoms with Gasteiger partial charge in [0.2, 0.25) is 0 Å². The number of thioether (sulfide) groups is 1. The van der Waals surface area contributed by atoms with Gasteiger partial charge in [0.05, 0.1) is 13.7 Å². The fourth-order valence-corrected chi connectivity index (χ4v) is 4.98. The van der Waals surface area contributed by atoms with E-state index in [0.29, 0.717) is 12.6 Å². The van der Waals surface area contributed by atoms with E-state index >= 15 is 0 Å². The molecule has 0 aliphatic heterocycles. The molecule has 1 N–H and O–H groups in total. The zero-order valence-electron chi connectivity index (χ0n) is 17.2. The highest BCUT2D eigenvalue weighted by Gasteiger charge is 2.23. The molecule has 1 heterocycles. The van der Waals surface area contributed by atoms with Crippen LogP contribution in [0.5, 0.6) is 5.75 Å². The summed E-state index contributed by atoms with van der Waals surface area (Å²) < 4.78 is 7.69. The van der Waals surface area contributed by atoms with Crippen LogP contribution >= 0.6 is 23.4 Å². The number of halogens is 1. The van der Waals surface area contributed by atoms with E-state index in [1.165, 1.54) is 37.7 Å². The lowest BCUT2D eigenvalue weighted by molar-refractivity contribution is 0.330. The summed E-state index contributed by atoms with van der Waals surface area (Å²) in [4.78, 5) is 0. The van der Waals surface area contributed by atoms with Crippen LogP contribution in [0.4, 0.5) is 5.69 Å². The Kier molecular flexibility index (Phi) is 7.18. The summed E-state index contributed by atoms with van der Waals surface area (Å²) in [6, 6.07) is 16.5. The molecule has 158 valence electrons. The minimum Gasteiger partial charge on any atom is -0.497 e. The van der Waals surface area contributed by atoms with Crippen molar-refractivity contribution in [3.05, 3.63) is 64.9 Å². The molecule has 1 saturated carbocycles. The maximum atomic E-state index is 6.02. The second-order valence-electron chi connectivity index (χ2n) is 7.56. The summed E-state index contributed by atoms with van der Waals surface area (Å²) in [6.07, 6.45) is 6.25. The number of benzene rings is 2. The van der Waals surface area contributed by atoms with E-state index in [4.69, 9.17) is 16.3 Å². The molecule has 5 nitrogen and oxygen atoms in total. The van der Waals surface area contributed by atoms with Crippen LogP contribution in [0.15, 0.2) is 53.7 Å². The molecule has 1 aliphatic rings. The first kappa shape index (κ1) is 21.1. The third kappa shape index (κ3) is 5.29. The van der Waals surface area contributed by atoms with Gasteiger partial charge in [-0.25, -0.2) is 0 Å². The van der Waals surface area contributed by atoms with E-state index < -0.39 is 0 Å². The second kappa shape index (κ2) is 10.2. The van der Waals surface area contributed by atoms with Gasteiger partial charge in [0.25, 0.3) is 0 Å². The Bertz CT molecular complexity index is 954. The lowest BCUT2D eigenvalue weighted by Gasteiger charge is -2.25. The van der Waals surface area contributed by atoms with Crippen LogP contribution in [0.1, 0.15) is 49.5 Å². The minimum atomic E-state index is 0.476. The fraction of sp³-hybridized carbons (Fsp3) is 0.391. The Morgan fingerprint density at radius 1 is 1.10 bits per heavy atom. The van der Waals surface area contributed by atoms with Gasteiger partial charge >= 0.3 is 0 Å². The number of ether oxygens (including phenoxy) is 1. The molecule has 3 aromatic rings. The fourth-order valence-electron chi connectivity index (χ4n) is 3.88.